The number of hydrogen-bond acceptors (Lipinski definition) is 8. The van der Waals surface area contributed by atoms with Gasteiger partial charge in [0.05, 0.1) is 41.9 Å². The van der Waals surface area contributed by atoms with Gasteiger partial charge in [-0.2, -0.15) is 23.3 Å². The maximum absolute atomic E-state index is 13.6. The van der Waals surface area contributed by atoms with Crippen LogP contribution in [0.3, 0.4) is 0 Å². The number of nitrogens with zero attached hydrogens (tertiary/aromatic N) is 5. The number of fused-ring (bicyclic) bond motifs is 1. The predicted molar refractivity (Wildman–Crippen MR) is 168 cm³/mol. The van der Waals surface area contributed by atoms with E-state index < -0.39 is 41.4 Å². The summed E-state index contributed by atoms with van der Waals surface area (Å²) in [5.74, 6) is -1.01. The van der Waals surface area contributed by atoms with Gasteiger partial charge in [0.1, 0.15) is 11.6 Å². The second kappa shape index (κ2) is 12.6. The molecule has 0 radical (unpaired) electrons. The zero-order valence-electron chi connectivity index (χ0n) is 25.6. The smallest absolute Gasteiger partial charge is 0.416 e. The van der Waals surface area contributed by atoms with Gasteiger partial charge in [-0.05, 0) is 74.0 Å². The maximum Gasteiger partial charge on any atom is 0.416 e. The molecular formula is C31H31ClF3N5O5S. The molecule has 2 aliphatic heterocycles. The minimum atomic E-state index is -4.57. The van der Waals surface area contributed by atoms with Gasteiger partial charge in [0, 0.05) is 30.4 Å². The number of aromatic nitrogens is 2. The van der Waals surface area contributed by atoms with Crippen molar-refractivity contribution in [3.63, 3.8) is 0 Å². The number of halogens is 4. The molecule has 3 heterocycles. The van der Waals surface area contributed by atoms with Crippen molar-refractivity contribution in [1.29, 1.82) is 0 Å². The van der Waals surface area contributed by atoms with E-state index in [1.807, 2.05) is 0 Å². The molecule has 0 N–H and O–H groups in total. The topological polar surface area (TPSA) is 106 Å². The Kier molecular flexibility index (Phi) is 9.15. The van der Waals surface area contributed by atoms with Crippen molar-refractivity contribution in [3.8, 4) is 0 Å². The van der Waals surface area contributed by atoms with Crippen molar-refractivity contribution >= 4 is 63.5 Å². The predicted octanol–water partition coefficient (Wildman–Crippen LogP) is 6.21. The lowest BCUT2D eigenvalue weighted by atomic mass is 10.1. The Hall–Kier alpha value is -4.04. The van der Waals surface area contributed by atoms with Crippen LogP contribution in [0.25, 0.3) is 17.0 Å². The van der Waals surface area contributed by atoms with Gasteiger partial charge in [0.2, 0.25) is 0 Å². The Morgan fingerprint density at radius 2 is 1.91 bits per heavy atom. The van der Waals surface area contributed by atoms with E-state index in [1.165, 1.54) is 28.8 Å². The number of ether oxygens (including phenoxy) is 2. The average molecular weight is 678 g/mol. The number of methoxy groups -OCH3 is 1. The summed E-state index contributed by atoms with van der Waals surface area (Å²) in [6.07, 6.45) is -1.72. The molecule has 0 saturated carbocycles. The summed E-state index contributed by atoms with van der Waals surface area (Å²) in [6.45, 7) is 5.26. The van der Waals surface area contributed by atoms with Gasteiger partial charge in [0.25, 0.3) is 5.91 Å². The number of aliphatic imine (C=N–C) groups is 1. The number of carbonyl (C=O) groups excluding carboxylic acids is 3. The number of amidine groups is 1. The summed E-state index contributed by atoms with van der Waals surface area (Å²) in [7, 11) is 3.00. The van der Waals surface area contributed by atoms with E-state index in [4.69, 9.17) is 21.1 Å². The molecule has 3 aromatic rings. The van der Waals surface area contributed by atoms with Crippen LogP contribution in [0.1, 0.15) is 43.9 Å². The van der Waals surface area contributed by atoms with Crippen molar-refractivity contribution in [2.75, 3.05) is 20.7 Å². The number of esters is 1. The summed E-state index contributed by atoms with van der Waals surface area (Å²) >= 11 is 6.97. The molecule has 2 amide bonds. The number of carbonyl (C=O) groups is 3. The molecule has 2 atom stereocenters. The van der Waals surface area contributed by atoms with Crippen LogP contribution >= 0.6 is 23.4 Å². The maximum atomic E-state index is 13.6. The lowest BCUT2D eigenvalue weighted by Crippen LogP contribution is -2.44. The largest absolute Gasteiger partial charge is 0.467 e. The molecule has 5 rings (SSSR count). The van der Waals surface area contributed by atoms with Crippen LogP contribution in [-0.4, -0.2) is 81.1 Å². The minimum Gasteiger partial charge on any atom is -0.467 e. The molecule has 2 aromatic carbocycles. The van der Waals surface area contributed by atoms with Crippen molar-refractivity contribution in [2.24, 2.45) is 4.99 Å². The molecule has 10 nitrogen and oxygen atoms in total. The molecule has 0 aliphatic carbocycles. The van der Waals surface area contributed by atoms with Crippen LogP contribution in [0.5, 0.6) is 0 Å². The number of alkyl halides is 3. The number of amides is 2. The van der Waals surface area contributed by atoms with Gasteiger partial charge in [-0.15, -0.1) is 0 Å². The quantitative estimate of drug-likeness (QED) is 0.232. The molecule has 0 spiro atoms. The number of benzene rings is 2. The van der Waals surface area contributed by atoms with E-state index in [0.29, 0.717) is 26.5 Å². The van der Waals surface area contributed by atoms with Crippen LogP contribution < -0.4 is 0 Å². The van der Waals surface area contributed by atoms with E-state index in [2.05, 4.69) is 10.1 Å². The first kappa shape index (κ1) is 33.3. The second-order valence-electron chi connectivity index (χ2n) is 11.9. The van der Waals surface area contributed by atoms with E-state index in [9.17, 15) is 27.6 Å². The van der Waals surface area contributed by atoms with Gasteiger partial charge in [-0.1, -0.05) is 23.7 Å². The van der Waals surface area contributed by atoms with Crippen LogP contribution in [0.15, 0.2) is 52.5 Å². The number of likely N-dealkylation sites (N-methyl/N-ethyl adjacent to an activating group) is 1. The molecule has 15 heteroatoms. The number of likely N-dealkylation sites (tertiary alicyclic amines) is 1. The first-order chi connectivity index (χ1) is 21.5. The van der Waals surface area contributed by atoms with E-state index in [0.717, 1.165) is 17.8 Å². The van der Waals surface area contributed by atoms with Gasteiger partial charge in [0.15, 0.2) is 5.17 Å². The summed E-state index contributed by atoms with van der Waals surface area (Å²) in [4.78, 5) is 45.9. The van der Waals surface area contributed by atoms with Crippen LogP contribution in [0.2, 0.25) is 5.02 Å². The van der Waals surface area contributed by atoms with Crippen molar-refractivity contribution in [2.45, 2.75) is 57.6 Å². The lowest BCUT2D eigenvalue weighted by Gasteiger charge is -2.28. The first-order valence-electron chi connectivity index (χ1n) is 14.2. The summed E-state index contributed by atoms with van der Waals surface area (Å²) in [6, 6.07) is 7.72. The number of thioether (sulfide) groups is 1. The number of rotatable bonds is 5. The van der Waals surface area contributed by atoms with E-state index >= 15 is 0 Å². The first-order valence-corrected chi connectivity index (χ1v) is 15.4. The van der Waals surface area contributed by atoms with Gasteiger partial charge in [-0.3, -0.25) is 14.4 Å². The SMILES string of the molecule is COC(=O)C1CC(N(C)C2=NC(=O)C(=Cc3ccc4c(cnn4Cc4ccc(Cl)cc4C(F)(F)F)c3)S2)CN1C(=O)OC(C)(C)C. The van der Waals surface area contributed by atoms with Crippen LogP contribution in [-0.2, 0) is 31.8 Å². The fourth-order valence-corrected chi connectivity index (χ4v) is 6.38. The average Bonchev–Trinajstić information content (AvgIpc) is 3.69. The third-order valence-corrected chi connectivity index (χ3v) is 8.81. The highest BCUT2D eigenvalue weighted by molar-refractivity contribution is 8.18. The molecule has 2 unspecified atom stereocenters. The Labute approximate surface area is 272 Å². The fourth-order valence-electron chi connectivity index (χ4n) is 5.27. The second-order valence-corrected chi connectivity index (χ2v) is 13.3. The zero-order chi connectivity index (χ0) is 33.6. The van der Waals surface area contributed by atoms with Crippen molar-refractivity contribution < 1.29 is 37.0 Å². The van der Waals surface area contributed by atoms with Gasteiger partial charge >= 0.3 is 18.2 Å². The fraction of sp³-hybridized carbons (Fsp3) is 0.387. The molecule has 244 valence electrons. The minimum absolute atomic E-state index is 0.00635. The third-order valence-electron chi connectivity index (χ3n) is 7.50. The van der Waals surface area contributed by atoms with Crippen molar-refractivity contribution in [3.05, 3.63) is 69.2 Å². The number of hydrogen-bond donors (Lipinski definition) is 0. The lowest BCUT2D eigenvalue weighted by molar-refractivity contribution is -0.145. The molecule has 0 bridgehead atoms. The third kappa shape index (κ3) is 7.17. The Morgan fingerprint density at radius 1 is 1.17 bits per heavy atom. The summed E-state index contributed by atoms with van der Waals surface area (Å²) in [5, 5.41) is 5.37. The molecule has 2 aliphatic rings. The highest BCUT2D eigenvalue weighted by Crippen LogP contribution is 2.36. The van der Waals surface area contributed by atoms with Crippen LogP contribution in [0, 0.1) is 0 Å². The monoisotopic (exact) mass is 677 g/mol. The van der Waals surface area contributed by atoms with Gasteiger partial charge in [-0.25, -0.2) is 9.59 Å². The molecule has 1 aromatic heterocycles. The zero-order valence-corrected chi connectivity index (χ0v) is 27.2. The van der Waals surface area contributed by atoms with E-state index in [-0.39, 0.29) is 36.1 Å². The molecular weight excluding hydrogens is 647 g/mol. The Morgan fingerprint density at radius 3 is 2.59 bits per heavy atom. The molecule has 46 heavy (non-hydrogen) atoms. The molecule has 1 fully saturated rings. The highest BCUT2D eigenvalue weighted by Gasteiger charge is 2.45. The summed E-state index contributed by atoms with van der Waals surface area (Å²) < 4.78 is 52.7. The Bertz CT molecular complexity index is 1770. The Balaban J connectivity index is 1.30. The standard InChI is InChI=1S/C31H31ClF3N5O5S/c1-30(2,3)45-29(43)39-16-21(13-24(39)27(42)44-5)38(4)28-37-26(41)25(46-28)11-17-6-9-23-19(10-17)14-36-40(23)15-18-7-8-20(32)12-22(18)31(33,34)35/h6-12,14,21,24H,13,15-16H2,1-5H3. The van der Waals surface area contributed by atoms with Gasteiger partial charge < -0.3 is 14.4 Å². The normalized spacial score (nSPS) is 19.6. The van der Waals surface area contributed by atoms with E-state index in [1.54, 1.807) is 63.2 Å². The highest BCUT2D eigenvalue weighted by atomic mass is 35.5. The van der Waals surface area contributed by atoms with Crippen LogP contribution in [0.4, 0.5) is 18.0 Å². The molecule has 1 saturated heterocycles. The van der Waals surface area contributed by atoms with Crippen molar-refractivity contribution in [1.82, 2.24) is 19.6 Å². The summed E-state index contributed by atoms with van der Waals surface area (Å²) in [5.41, 5.74) is -0.257.